The van der Waals surface area contributed by atoms with Gasteiger partial charge in [-0.15, -0.1) is 0 Å². The van der Waals surface area contributed by atoms with Crippen LogP contribution >= 0.6 is 0 Å². The highest BCUT2D eigenvalue weighted by Gasteiger charge is 2.28. The molecule has 8 nitrogen and oxygen atoms in total. The zero-order valence-electron chi connectivity index (χ0n) is 20.1. The Kier molecular flexibility index (Phi) is 7.05. The third-order valence-corrected chi connectivity index (χ3v) is 5.97. The van der Waals surface area contributed by atoms with Gasteiger partial charge in [-0.05, 0) is 62.9 Å². The number of benzene rings is 1. The fraction of sp³-hybridized carbons (Fsp3) is 0.423. The molecule has 0 bridgehead atoms. The van der Waals surface area contributed by atoms with E-state index in [-0.39, 0.29) is 18.0 Å². The highest BCUT2D eigenvalue weighted by atomic mass is 16.6. The lowest BCUT2D eigenvalue weighted by Crippen LogP contribution is -2.42. The van der Waals surface area contributed by atoms with Gasteiger partial charge in [0, 0.05) is 44.3 Å². The molecule has 1 saturated heterocycles. The number of aromatic nitrogens is 3. The van der Waals surface area contributed by atoms with Gasteiger partial charge in [-0.1, -0.05) is 24.3 Å². The van der Waals surface area contributed by atoms with Gasteiger partial charge in [-0.3, -0.25) is 9.48 Å². The van der Waals surface area contributed by atoms with Gasteiger partial charge in [0.25, 0.3) is 5.91 Å². The number of ether oxygens (including phenoxy) is 1. The van der Waals surface area contributed by atoms with Gasteiger partial charge in [-0.25, -0.2) is 4.79 Å². The van der Waals surface area contributed by atoms with Gasteiger partial charge in [0.05, 0.1) is 6.54 Å². The molecule has 0 radical (unpaired) electrons. The Morgan fingerprint density at radius 3 is 2.44 bits per heavy atom. The maximum atomic E-state index is 13.1. The fourth-order valence-corrected chi connectivity index (χ4v) is 4.28. The second-order valence-corrected chi connectivity index (χ2v) is 9.65. The maximum absolute atomic E-state index is 13.1. The second-order valence-electron chi connectivity index (χ2n) is 9.65. The monoisotopic (exact) mass is 463 g/mol. The first-order chi connectivity index (χ1) is 16.3. The Morgan fingerprint density at radius 2 is 1.76 bits per heavy atom. The summed E-state index contributed by atoms with van der Waals surface area (Å²) in [6.07, 6.45) is 6.92. The Labute approximate surface area is 200 Å². The molecule has 1 fully saturated rings. The molecule has 0 spiro atoms. The van der Waals surface area contributed by atoms with Gasteiger partial charge < -0.3 is 19.5 Å². The molecular weight excluding hydrogens is 430 g/mol. The van der Waals surface area contributed by atoms with E-state index in [1.54, 1.807) is 11.1 Å². The number of nitrogens with zero attached hydrogens (tertiary/aromatic N) is 4. The van der Waals surface area contributed by atoms with Crippen LogP contribution in [-0.4, -0.2) is 49.9 Å². The van der Waals surface area contributed by atoms with Crippen LogP contribution in [0.15, 0.2) is 61.1 Å². The smallest absolute Gasteiger partial charge is 0.410 e. The first kappa shape index (κ1) is 23.6. The van der Waals surface area contributed by atoms with E-state index in [9.17, 15) is 9.59 Å². The Balaban J connectivity index is 1.36. The number of hydrogen-bond donors (Lipinski definition) is 1. The van der Waals surface area contributed by atoms with Crippen LogP contribution in [0.2, 0.25) is 0 Å². The summed E-state index contributed by atoms with van der Waals surface area (Å²) in [5.41, 5.74) is 2.32. The predicted octanol–water partition coefficient (Wildman–Crippen LogP) is 4.23. The topological polar surface area (TPSA) is 81.4 Å². The molecule has 0 unspecified atom stereocenters. The summed E-state index contributed by atoms with van der Waals surface area (Å²) in [5, 5.41) is 7.36. The van der Waals surface area contributed by atoms with Crippen molar-refractivity contribution < 1.29 is 14.3 Å². The molecule has 1 N–H and O–H groups in total. The number of carbonyl (C=O) groups is 2. The number of carbonyl (C=O) groups excluding carboxylic acids is 2. The lowest BCUT2D eigenvalue weighted by atomic mass is 10.0. The minimum Gasteiger partial charge on any atom is -0.444 e. The molecule has 3 heterocycles. The van der Waals surface area contributed by atoms with Crippen molar-refractivity contribution in [3.8, 4) is 0 Å². The zero-order chi connectivity index (χ0) is 24.1. The van der Waals surface area contributed by atoms with E-state index in [0.29, 0.717) is 31.9 Å². The normalized spacial score (nSPS) is 14.7. The van der Waals surface area contributed by atoms with Crippen molar-refractivity contribution >= 4 is 12.0 Å². The zero-order valence-corrected chi connectivity index (χ0v) is 20.1. The van der Waals surface area contributed by atoms with Gasteiger partial charge in [0.15, 0.2) is 0 Å². The van der Waals surface area contributed by atoms with Crippen molar-refractivity contribution in [2.45, 2.75) is 58.3 Å². The van der Waals surface area contributed by atoms with Crippen LogP contribution in [0, 0.1) is 0 Å². The Morgan fingerprint density at radius 1 is 1.03 bits per heavy atom. The van der Waals surface area contributed by atoms with Crippen LogP contribution in [-0.2, 0) is 17.8 Å². The molecule has 1 aromatic carbocycles. The molecule has 0 atom stereocenters. The van der Waals surface area contributed by atoms with E-state index in [2.05, 4.69) is 16.5 Å². The lowest BCUT2D eigenvalue weighted by molar-refractivity contribution is 0.0187. The number of amides is 2. The molecule has 180 valence electrons. The fourth-order valence-electron chi connectivity index (χ4n) is 4.28. The number of likely N-dealkylation sites (tertiary alicyclic amines) is 1. The van der Waals surface area contributed by atoms with Crippen LogP contribution < -0.4 is 5.32 Å². The molecule has 2 aromatic heterocycles. The van der Waals surface area contributed by atoms with Crippen molar-refractivity contribution in [3.63, 3.8) is 0 Å². The van der Waals surface area contributed by atoms with E-state index in [4.69, 9.17) is 4.74 Å². The van der Waals surface area contributed by atoms with Crippen LogP contribution in [0.25, 0.3) is 0 Å². The summed E-state index contributed by atoms with van der Waals surface area (Å²) in [5.74, 6) is -0.103. The van der Waals surface area contributed by atoms with Crippen molar-refractivity contribution in [1.82, 2.24) is 24.6 Å². The highest BCUT2D eigenvalue weighted by molar-refractivity contribution is 5.92. The SMILES string of the molecule is CC(C)(C)OC(=O)N1CCC(n2cccc2C(=O)NCc2ccccc2Cn2cccn2)CC1. The molecule has 3 aromatic rings. The quantitative estimate of drug-likeness (QED) is 0.593. The lowest BCUT2D eigenvalue weighted by Gasteiger charge is -2.34. The Hall–Kier alpha value is -3.55. The van der Waals surface area contributed by atoms with Crippen molar-refractivity contribution in [1.29, 1.82) is 0 Å². The second kappa shape index (κ2) is 10.2. The summed E-state index contributed by atoms with van der Waals surface area (Å²) in [6, 6.07) is 13.9. The molecule has 0 aliphatic carbocycles. The summed E-state index contributed by atoms with van der Waals surface area (Å²) in [7, 11) is 0. The summed E-state index contributed by atoms with van der Waals surface area (Å²) in [4.78, 5) is 27.2. The molecule has 34 heavy (non-hydrogen) atoms. The number of nitrogens with one attached hydrogen (secondary N) is 1. The van der Waals surface area contributed by atoms with E-state index < -0.39 is 5.60 Å². The van der Waals surface area contributed by atoms with E-state index in [0.717, 1.165) is 24.0 Å². The minimum atomic E-state index is -0.503. The number of rotatable bonds is 6. The molecule has 1 aliphatic rings. The third kappa shape index (κ3) is 5.87. The minimum absolute atomic E-state index is 0.103. The van der Waals surface area contributed by atoms with Crippen molar-refractivity contribution in [2.24, 2.45) is 0 Å². The van der Waals surface area contributed by atoms with Crippen LogP contribution in [0.1, 0.15) is 61.3 Å². The molecular formula is C26H33N5O3. The van der Waals surface area contributed by atoms with E-state index >= 15 is 0 Å². The van der Waals surface area contributed by atoms with Gasteiger partial charge in [0.2, 0.25) is 0 Å². The standard InChI is InChI=1S/C26H33N5O3/c1-26(2,3)34-25(33)29-16-11-22(12-17-29)31-15-6-10-23(31)24(32)27-18-20-8-4-5-9-21(20)19-30-14-7-13-28-30/h4-10,13-15,22H,11-12,16-19H2,1-3H3,(H,27,32). The molecule has 8 heteroatoms. The third-order valence-electron chi connectivity index (χ3n) is 5.97. The van der Waals surface area contributed by atoms with Crippen molar-refractivity contribution in [3.05, 3.63) is 77.9 Å². The highest BCUT2D eigenvalue weighted by Crippen LogP contribution is 2.26. The van der Waals surface area contributed by atoms with E-state index in [1.807, 2.05) is 78.8 Å². The largest absolute Gasteiger partial charge is 0.444 e. The average molecular weight is 464 g/mol. The van der Waals surface area contributed by atoms with Crippen LogP contribution in [0.5, 0.6) is 0 Å². The molecule has 2 amide bonds. The molecule has 1 aliphatic heterocycles. The van der Waals surface area contributed by atoms with Crippen LogP contribution in [0.4, 0.5) is 4.79 Å². The molecule has 4 rings (SSSR count). The maximum Gasteiger partial charge on any atom is 0.410 e. The summed E-state index contributed by atoms with van der Waals surface area (Å²) >= 11 is 0. The summed E-state index contributed by atoms with van der Waals surface area (Å²) < 4.78 is 9.40. The molecule has 0 saturated carbocycles. The number of hydrogen-bond acceptors (Lipinski definition) is 4. The number of piperidine rings is 1. The Bertz CT molecular complexity index is 1110. The van der Waals surface area contributed by atoms with Crippen LogP contribution in [0.3, 0.4) is 0 Å². The first-order valence-electron chi connectivity index (χ1n) is 11.8. The first-order valence-corrected chi connectivity index (χ1v) is 11.8. The van der Waals surface area contributed by atoms with Gasteiger partial charge in [0.1, 0.15) is 11.3 Å². The van der Waals surface area contributed by atoms with Crippen molar-refractivity contribution in [2.75, 3.05) is 13.1 Å². The van der Waals surface area contributed by atoms with Gasteiger partial charge in [-0.2, -0.15) is 5.10 Å². The summed E-state index contributed by atoms with van der Waals surface area (Å²) in [6.45, 7) is 7.94. The predicted molar refractivity (Wildman–Crippen MR) is 129 cm³/mol. The van der Waals surface area contributed by atoms with Gasteiger partial charge >= 0.3 is 6.09 Å². The van der Waals surface area contributed by atoms with E-state index in [1.165, 1.54) is 0 Å². The average Bonchev–Trinajstić information content (AvgIpc) is 3.49.